The molecule has 1 aromatic heterocycles. The van der Waals surface area contributed by atoms with Gasteiger partial charge in [0.2, 0.25) is 5.91 Å². The van der Waals surface area contributed by atoms with Gasteiger partial charge in [-0.1, -0.05) is 71.8 Å². The fraction of sp³-hybridized carbons (Fsp3) is 0.300. The van der Waals surface area contributed by atoms with Gasteiger partial charge in [-0.3, -0.25) is 9.59 Å². The molecule has 49 heavy (non-hydrogen) atoms. The Balaban J connectivity index is 1.14. The summed E-state index contributed by atoms with van der Waals surface area (Å²) in [5, 5.41) is 7.01. The summed E-state index contributed by atoms with van der Waals surface area (Å²) in [6, 6.07) is 29.1. The Bertz CT molecular complexity index is 1850. The molecule has 3 N–H and O–H groups in total. The van der Waals surface area contributed by atoms with Crippen LogP contribution >= 0.6 is 11.6 Å². The summed E-state index contributed by atoms with van der Waals surface area (Å²) < 4.78 is 28.1. The van der Waals surface area contributed by atoms with E-state index in [2.05, 4.69) is 44.8 Å². The number of aromatic nitrogens is 1. The molecule has 254 valence electrons. The number of nitrogens with one attached hydrogen (secondary N) is 3. The lowest BCUT2D eigenvalue weighted by molar-refractivity contribution is -0.120. The van der Waals surface area contributed by atoms with Crippen LogP contribution in [0.5, 0.6) is 0 Å². The number of hydrogen-bond acceptors (Lipinski definition) is 3. The Morgan fingerprint density at radius 1 is 0.898 bits per heavy atom. The third-order valence-electron chi connectivity index (χ3n) is 9.84. The highest BCUT2D eigenvalue weighted by Gasteiger charge is 2.35. The standard InChI is InChI=1S/C40H41ClF2N4O2/c1-27-7-9-30(10-8-27)40(31-11-13-32(41)14-12-31,19-4-20-47-21-17-28(18-22-47)34-5-2-3-6-35(34)43)26-45-38(48)25-44-39(49)37-24-29-23-33(42)15-16-36(29)46-37/h2-3,5-16,23-24,28,46H,4,17-22,25-26H2,1H3,(H,44,49)(H,45,48). The summed E-state index contributed by atoms with van der Waals surface area (Å²) in [6.07, 6.45) is 3.45. The highest BCUT2D eigenvalue weighted by Crippen LogP contribution is 2.38. The van der Waals surface area contributed by atoms with Crippen LogP contribution < -0.4 is 10.6 Å². The molecule has 6 nitrogen and oxygen atoms in total. The number of hydrogen-bond donors (Lipinski definition) is 3. The van der Waals surface area contributed by atoms with Gasteiger partial charge in [-0.25, -0.2) is 8.78 Å². The van der Waals surface area contributed by atoms with Crippen molar-refractivity contribution in [3.05, 3.63) is 142 Å². The minimum Gasteiger partial charge on any atom is -0.353 e. The monoisotopic (exact) mass is 682 g/mol. The molecule has 0 radical (unpaired) electrons. The van der Waals surface area contributed by atoms with E-state index in [1.165, 1.54) is 12.1 Å². The summed E-state index contributed by atoms with van der Waals surface area (Å²) in [7, 11) is 0. The second-order valence-electron chi connectivity index (χ2n) is 13.1. The smallest absolute Gasteiger partial charge is 0.268 e. The van der Waals surface area contributed by atoms with Crippen molar-refractivity contribution in [1.29, 1.82) is 0 Å². The molecule has 1 saturated heterocycles. The van der Waals surface area contributed by atoms with Crippen LogP contribution in [0.2, 0.25) is 5.02 Å². The number of aryl methyl sites for hydroxylation is 1. The molecule has 1 aliphatic heterocycles. The minimum atomic E-state index is -0.565. The molecule has 5 aromatic rings. The third-order valence-corrected chi connectivity index (χ3v) is 10.1. The average molecular weight is 683 g/mol. The molecule has 0 aliphatic carbocycles. The number of likely N-dealkylation sites (tertiary alicyclic amines) is 1. The molecule has 0 bridgehead atoms. The molecule has 2 amide bonds. The van der Waals surface area contributed by atoms with Gasteiger partial charge in [0.15, 0.2) is 0 Å². The van der Waals surface area contributed by atoms with Gasteiger partial charge < -0.3 is 20.5 Å². The maximum atomic E-state index is 14.4. The highest BCUT2D eigenvalue weighted by molar-refractivity contribution is 6.30. The molecule has 1 atom stereocenters. The van der Waals surface area contributed by atoms with Crippen molar-refractivity contribution >= 4 is 34.3 Å². The number of benzene rings is 4. The number of amides is 2. The zero-order chi connectivity index (χ0) is 34.4. The second-order valence-corrected chi connectivity index (χ2v) is 13.5. The largest absolute Gasteiger partial charge is 0.353 e. The lowest BCUT2D eigenvalue weighted by Gasteiger charge is -2.37. The van der Waals surface area contributed by atoms with Gasteiger partial charge in [0.1, 0.15) is 17.3 Å². The molecule has 2 heterocycles. The van der Waals surface area contributed by atoms with Gasteiger partial charge in [-0.15, -0.1) is 0 Å². The first-order chi connectivity index (χ1) is 23.7. The minimum absolute atomic E-state index is 0.122. The number of carbonyl (C=O) groups excluding carboxylic acids is 2. The maximum absolute atomic E-state index is 14.4. The molecular weight excluding hydrogens is 642 g/mol. The number of nitrogens with zero attached hydrogens (tertiary/aromatic N) is 1. The van der Waals surface area contributed by atoms with Crippen LogP contribution in [0, 0.1) is 18.6 Å². The zero-order valence-corrected chi connectivity index (χ0v) is 28.3. The molecular formula is C40H41ClF2N4O2. The number of H-pyrrole nitrogens is 1. The maximum Gasteiger partial charge on any atom is 0.268 e. The summed E-state index contributed by atoms with van der Waals surface area (Å²) >= 11 is 6.32. The molecule has 4 aromatic carbocycles. The van der Waals surface area contributed by atoms with E-state index in [-0.39, 0.29) is 35.7 Å². The van der Waals surface area contributed by atoms with Crippen LogP contribution in [0.1, 0.15) is 64.3 Å². The number of aromatic amines is 1. The van der Waals surface area contributed by atoms with E-state index in [0.29, 0.717) is 22.5 Å². The van der Waals surface area contributed by atoms with Crippen molar-refractivity contribution in [3.8, 4) is 0 Å². The van der Waals surface area contributed by atoms with Gasteiger partial charge in [0.05, 0.1) is 6.54 Å². The molecule has 1 aliphatic rings. The highest BCUT2D eigenvalue weighted by atomic mass is 35.5. The van der Waals surface area contributed by atoms with Crippen LogP contribution in [0.3, 0.4) is 0 Å². The number of rotatable bonds is 12. The molecule has 9 heteroatoms. The molecule has 1 fully saturated rings. The fourth-order valence-corrected chi connectivity index (χ4v) is 7.19. The van der Waals surface area contributed by atoms with E-state index >= 15 is 0 Å². The van der Waals surface area contributed by atoms with Gasteiger partial charge in [0, 0.05) is 27.9 Å². The SMILES string of the molecule is Cc1ccc(C(CCCN2CCC(c3ccccc3F)CC2)(CNC(=O)CNC(=O)c2cc3cc(F)ccc3[nH]2)c2ccc(Cl)cc2)cc1. The second kappa shape index (κ2) is 15.3. The first-order valence-electron chi connectivity index (χ1n) is 16.8. The fourth-order valence-electron chi connectivity index (χ4n) is 7.06. The third kappa shape index (κ3) is 8.20. The first-order valence-corrected chi connectivity index (χ1v) is 17.2. The predicted octanol–water partition coefficient (Wildman–Crippen LogP) is 7.90. The Morgan fingerprint density at radius 2 is 1.59 bits per heavy atom. The van der Waals surface area contributed by atoms with Gasteiger partial charge in [-0.05, 0) is 117 Å². The molecule has 6 rings (SSSR count). The van der Waals surface area contributed by atoms with Crippen LogP contribution in [-0.4, -0.2) is 54.4 Å². The summed E-state index contributed by atoms with van der Waals surface area (Å²) in [6.45, 7) is 4.83. The van der Waals surface area contributed by atoms with Crippen molar-refractivity contribution in [3.63, 3.8) is 0 Å². The van der Waals surface area contributed by atoms with Crippen LogP contribution in [0.4, 0.5) is 8.78 Å². The van der Waals surface area contributed by atoms with Crippen LogP contribution in [0.25, 0.3) is 10.9 Å². The quantitative estimate of drug-likeness (QED) is 0.125. The number of halogens is 3. The average Bonchev–Trinajstić information content (AvgIpc) is 3.54. The van der Waals surface area contributed by atoms with Gasteiger partial charge in [-0.2, -0.15) is 0 Å². The van der Waals surface area contributed by atoms with E-state index < -0.39 is 11.3 Å². The van der Waals surface area contributed by atoms with Crippen molar-refractivity contribution in [2.75, 3.05) is 32.7 Å². The lowest BCUT2D eigenvalue weighted by atomic mass is 9.71. The van der Waals surface area contributed by atoms with E-state index in [9.17, 15) is 18.4 Å². The lowest BCUT2D eigenvalue weighted by Crippen LogP contribution is -2.45. The van der Waals surface area contributed by atoms with Gasteiger partial charge >= 0.3 is 0 Å². The summed E-state index contributed by atoms with van der Waals surface area (Å²) in [5.41, 5.74) is 4.38. The summed E-state index contributed by atoms with van der Waals surface area (Å²) in [5.74, 6) is -1.06. The molecule has 1 unspecified atom stereocenters. The van der Waals surface area contributed by atoms with Gasteiger partial charge in [0.25, 0.3) is 5.91 Å². The van der Waals surface area contributed by atoms with E-state index in [4.69, 9.17) is 11.6 Å². The number of carbonyl (C=O) groups is 2. The summed E-state index contributed by atoms with van der Waals surface area (Å²) in [4.78, 5) is 31.6. The van der Waals surface area contributed by atoms with E-state index in [0.717, 1.165) is 67.6 Å². The topological polar surface area (TPSA) is 77.2 Å². The van der Waals surface area contributed by atoms with Crippen molar-refractivity contribution in [2.45, 2.75) is 43.9 Å². The van der Waals surface area contributed by atoms with E-state index in [1.54, 1.807) is 24.3 Å². The Hall–Kier alpha value is -4.53. The number of piperidine rings is 1. The normalized spacial score (nSPS) is 15.2. The zero-order valence-electron chi connectivity index (χ0n) is 27.6. The predicted molar refractivity (Wildman–Crippen MR) is 191 cm³/mol. The van der Waals surface area contributed by atoms with Crippen LogP contribution in [0.15, 0.2) is 97.1 Å². The Labute approximate surface area is 290 Å². The molecule has 0 spiro atoms. The number of fused-ring (bicyclic) bond motifs is 1. The molecule has 0 saturated carbocycles. The van der Waals surface area contributed by atoms with Crippen molar-refractivity contribution < 1.29 is 18.4 Å². The van der Waals surface area contributed by atoms with Crippen LogP contribution in [-0.2, 0) is 10.2 Å². The van der Waals surface area contributed by atoms with Crippen molar-refractivity contribution in [1.82, 2.24) is 20.5 Å². The van der Waals surface area contributed by atoms with E-state index in [1.807, 2.05) is 43.3 Å². The Kier molecular flexibility index (Phi) is 10.8. The first kappa shape index (κ1) is 34.3. The Morgan fingerprint density at radius 3 is 2.31 bits per heavy atom. The van der Waals surface area contributed by atoms with Crippen molar-refractivity contribution in [2.24, 2.45) is 0 Å².